The van der Waals surface area contributed by atoms with Crippen LogP contribution in [0.4, 0.5) is 0 Å². The third-order valence-electron chi connectivity index (χ3n) is 2.08. The number of carbonyl (C=O) groups is 2. The van der Waals surface area contributed by atoms with E-state index >= 15 is 0 Å². The Morgan fingerprint density at radius 2 is 1.79 bits per heavy atom. The van der Waals surface area contributed by atoms with E-state index in [-0.39, 0.29) is 11.7 Å². The highest BCUT2D eigenvalue weighted by Crippen LogP contribution is 1.93. The number of hydrogen-bond acceptors (Lipinski definition) is 3. The van der Waals surface area contributed by atoms with Crippen LogP contribution in [0.5, 0.6) is 0 Å². The Kier molecular flexibility index (Phi) is 6.12. The summed E-state index contributed by atoms with van der Waals surface area (Å²) in [6.45, 7) is 5.43. The van der Waals surface area contributed by atoms with Crippen molar-refractivity contribution in [3.63, 3.8) is 0 Å². The van der Waals surface area contributed by atoms with Crippen LogP contribution in [-0.4, -0.2) is 55.2 Å². The van der Waals surface area contributed by atoms with Crippen molar-refractivity contribution in [2.45, 2.75) is 20.3 Å². The van der Waals surface area contributed by atoms with Crippen LogP contribution in [-0.2, 0) is 9.59 Å². The smallest absolute Gasteiger partial charge is 0.236 e. The lowest BCUT2D eigenvalue weighted by molar-refractivity contribution is -0.130. The van der Waals surface area contributed by atoms with Gasteiger partial charge < -0.3 is 4.90 Å². The zero-order chi connectivity index (χ0) is 11.1. The first-order valence-corrected chi connectivity index (χ1v) is 4.89. The average Bonchev–Trinajstić information content (AvgIpc) is 2.11. The van der Waals surface area contributed by atoms with E-state index in [1.54, 1.807) is 25.9 Å². The van der Waals surface area contributed by atoms with Crippen molar-refractivity contribution in [3.05, 3.63) is 0 Å². The van der Waals surface area contributed by atoms with E-state index in [4.69, 9.17) is 0 Å². The molecule has 14 heavy (non-hydrogen) atoms. The molecule has 0 fully saturated rings. The van der Waals surface area contributed by atoms with Crippen molar-refractivity contribution in [3.8, 4) is 0 Å². The van der Waals surface area contributed by atoms with Crippen LogP contribution in [0.15, 0.2) is 0 Å². The van der Waals surface area contributed by atoms with Crippen molar-refractivity contribution < 1.29 is 9.59 Å². The Labute approximate surface area is 85.9 Å². The molecule has 82 valence electrons. The first-order chi connectivity index (χ1) is 6.47. The monoisotopic (exact) mass is 200 g/mol. The van der Waals surface area contributed by atoms with E-state index in [2.05, 4.69) is 0 Å². The van der Waals surface area contributed by atoms with Gasteiger partial charge in [0.05, 0.1) is 6.54 Å². The van der Waals surface area contributed by atoms with Gasteiger partial charge in [-0.05, 0) is 13.5 Å². The van der Waals surface area contributed by atoms with Gasteiger partial charge in [-0.3, -0.25) is 14.5 Å². The molecule has 0 N–H and O–H groups in total. The van der Waals surface area contributed by atoms with E-state index in [9.17, 15) is 9.59 Å². The molecule has 0 aromatic rings. The predicted octanol–water partition coefficient (Wildman–Crippen LogP) is 0.376. The van der Waals surface area contributed by atoms with Gasteiger partial charge >= 0.3 is 0 Å². The highest BCUT2D eigenvalue weighted by molar-refractivity contribution is 5.78. The summed E-state index contributed by atoms with van der Waals surface area (Å²) in [6, 6.07) is 0. The quantitative estimate of drug-likeness (QED) is 0.622. The number of rotatable bonds is 6. The van der Waals surface area contributed by atoms with E-state index < -0.39 is 0 Å². The molecule has 0 heterocycles. The fourth-order valence-electron chi connectivity index (χ4n) is 0.997. The van der Waals surface area contributed by atoms with E-state index in [0.717, 1.165) is 6.54 Å². The number of amides is 1. The molecule has 0 spiro atoms. The summed E-state index contributed by atoms with van der Waals surface area (Å²) in [5.74, 6) is 0.246. The third-order valence-corrected chi connectivity index (χ3v) is 2.08. The van der Waals surface area contributed by atoms with Gasteiger partial charge in [0.2, 0.25) is 5.91 Å². The molecule has 4 nitrogen and oxygen atoms in total. The fraction of sp³-hybridized carbons (Fsp3) is 0.800. The summed E-state index contributed by atoms with van der Waals surface area (Å²) in [5, 5.41) is 0. The minimum atomic E-state index is 0.0791. The number of Topliss-reactive ketones (excluding diaryl/α,β-unsaturated/α-hetero) is 1. The second-order valence-electron chi connectivity index (χ2n) is 3.61. The Balaban J connectivity index is 3.90. The van der Waals surface area contributed by atoms with E-state index in [1.807, 2.05) is 11.8 Å². The second-order valence-corrected chi connectivity index (χ2v) is 3.61. The molecular formula is C10H20N2O2. The maximum Gasteiger partial charge on any atom is 0.236 e. The molecule has 0 aliphatic rings. The Bertz CT molecular complexity index is 202. The largest absolute Gasteiger partial charge is 0.348 e. The standard InChI is InChI=1S/C10H20N2O2/c1-5-12(7-6-9(2)13)8-10(14)11(3)4/h5-8H2,1-4H3. The van der Waals surface area contributed by atoms with Crippen molar-refractivity contribution in [2.24, 2.45) is 0 Å². The van der Waals surface area contributed by atoms with Crippen molar-refractivity contribution in [2.75, 3.05) is 33.7 Å². The average molecular weight is 200 g/mol. The Morgan fingerprint density at radius 3 is 2.14 bits per heavy atom. The van der Waals surface area contributed by atoms with Crippen LogP contribution in [0.25, 0.3) is 0 Å². The highest BCUT2D eigenvalue weighted by Gasteiger charge is 2.10. The molecule has 1 amide bonds. The van der Waals surface area contributed by atoms with Crippen LogP contribution in [0, 0.1) is 0 Å². The van der Waals surface area contributed by atoms with Crippen LogP contribution >= 0.6 is 0 Å². The molecule has 0 aliphatic heterocycles. The van der Waals surface area contributed by atoms with Crippen molar-refractivity contribution >= 4 is 11.7 Å². The van der Waals surface area contributed by atoms with Crippen molar-refractivity contribution in [1.29, 1.82) is 0 Å². The molecule has 0 aromatic heterocycles. The number of nitrogens with zero attached hydrogens (tertiary/aromatic N) is 2. The number of likely N-dealkylation sites (N-methyl/N-ethyl adjacent to an activating group) is 2. The number of carbonyl (C=O) groups excluding carboxylic acids is 2. The van der Waals surface area contributed by atoms with Gasteiger partial charge in [-0.2, -0.15) is 0 Å². The van der Waals surface area contributed by atoms with Gasteiger partial charge in [0, 0.05) is 27.1 Å². The topological polar surface area (TPSA) is 40.6 Å². The Hall–Kier alpha value is -0.900. The molecule has 0 atom stereocenters. The molecule has 4 heteroatoms. The van der Waals surface area contributed by atoms with Gasteiger partial charge in [0.15, 0.2) is 0 Å². The predicted molar refractivity (Wildman–Crippen MR) is 56.1 cm³/mol. The molecule has 0 unspecified atom stereocenters. The molecule has 0 saturated carbocycles. The van der Waals surface area contributed by atoms with Gasteiger partial charge in [-0.1, -0.05) is 6.92 Å². The summed E-state index contributed by atoms with van der Waals surface area (Å²) in [4.78, 5) is 25.7. The maximum absolute atomic E-state index is 11.4. The lowest BCUT2D eigenvalue weighted by atomic mass is 10.3. The summed E-state index contributed by atoms with van der Waals surface area (Å²) in [5.41, 5.74) is 0. The molecule has 0 saturated heterocycles. The molecule has 0 aromatic carbocycles. The molecule has 0 bridgehead atoms. The zero-order valence-corrected chi connectivity index (χ0v) is 9.54. The SMILES string of the molecule is CCN(CCC(C)=O)CC(=O)N(C)C. The fourth-order valence-corrected chi connectivity index (χ4v) is 0.997. The molecule has 0 rings (SSSR count). The Morgan fingerprint density at radius 1 is 1.21 bits per heavy atom. The second kappa shape index (κ2) is 6.54. The molecular weight excluding hydrogens is 180 g/mol. The van der Waals surface area contributed by atoms with Gasteiger partial charge in [0.25, 0.3) is 0 Å². The van der Waals surface area contributed by atoms with Crippen LogP contribution in [0.2, 0.25) is 0 Å². The third kappa shape index (κ3) is 5.70. The normalized spacial score (nSPS) is 10.4. The van der Waals surface area contributed by atoms with Gasteiger partial charge in [-0.25, -0.2) is 0 Å². The van der Waals surface area contributed by atoms with Gasteiger partial charge in [0.1, 0.15) is 5.78 Å². The molecule has 0 radical (unpaired) electrons. The summed E-state index contributed by atoms with van der Waals surface area (Å²) in [7, 11) is 3.47. The number of hydrogen-bond donors (Lipinski definition) is 0. The first kappa shape index (κ1) is 13.1. The lowest BCUT2D eigenvalue weighted by Crippen LogP contribution is -2.37. The summed E-state index contributed by atoms with van der Waals surface area (Å²) in [6.07, 6.45) is 0.522. The maximum atomic E-state index is 11.4. The van der Waals surface area contributed by atoms with Crippen molar-refractivity contribution in [1.82, 2.24) is 9.80 Å². The summed E-state index contributed by atoms with van der Waals surface area (Å²) >= 11 is 0. The van der Waals surface area contributed by atoms with Crippen LogP contribution in [0.1, 0.15) is 20.3 Å². The van der Waals surface area contributed by atoms with Gasteiger partial charge in [-0.15, -0.1) is 0 Å². The molecule has 0 aliphatic carbocycles. The van der Waals surface area contributed by atoms with Crippen LogP contribution < -0.4 is 0 Å². The van der Waals surface area contributed by atoms with E-state index in [0.29, 0.717) is 19.5 Å². The lowest BCUT2D eigenvalue weighted by Gasteiger charge is -2.21. The van der Waals surface area contributed by atoms with E-state index in [1.165, 1.54) is 0 Å². The minimum Gasteiger partial charge on any atom is -0.348 e. The summed E-state index contributed by atoms with van der Waals surface area (Å²) < 4.78 is 0. The first-order valence-electron chi connectivity index (χ1n) is 4.89. The number of ketones is 1. The van der Waals surface area contributed by atoms with Crippen LogP contribution in [0.3, 0.4) is 0 Å². The highest BCUT2D eigenvalue weighted by atomic mass is 16.2. The zero-order valence-electron chi connectivity index (χ0n) is 9.54. The minimum absolute atomic E-state index is 0.0791.